The molecule has 0 unspecified atom stereocenters. The van der Waals surface area contributed by atoms with Gasteiger partial charge in [-0.15, -0.1) is 0 Å². The Kier molecular flexibility index (Phi) is 3.70. The van der Waals surface area contributed by atoms with Gasteiger partial charge in [-0.1, -0.05) is 0 Å². The summed E-state index contributed by atoms with van der Waals surface area (Å²) in [4.78, 5) is 12.2. The van der Waals surface area contributed by atoms with Gasteiger partial charge in [0.05, 0.1) is 19.1 Å². The third-order valence-electron chi connectivity index (χ3n) is 6.26. The topological polar surface area (TPSA) is 44.8 Å². The van der Waals surface area contributed by atoms with Crippen molar-refractivity contribution in [1.82, 2.24) is 0 Å². The van der Waals surface area contributed by atoms with Gasteiger partial charge in [-0.25, -0.2) is 0 Å². The molecule has 0 spiro atoms. The van der Waals surface area contributed by atoms with Crippen molar-refractivity contribution >= 4 is 5.97 Å². The van der Waals surface area contributed by atoms with Crippen LogP contribution in [0.3, 0.4) is 0 Å². The summed E-state index contributed by atoms with van der Waals surface area (Å²) in [5.41, 5.74) is 0. The van der Waals surface area contributed by atoms with Gasteiger partial charge in [0.1, 0.15) is 0 Å². The zero-order valence-electron chi connectivity index (χ0n) is 12.8. The minimum atomic E-state index is -0.0421. The van der Waals surface area contributed by atoms with Gasteiger partial charge in [-0.3, -0.25) is 4.79 Å². The molecule has 1 saturated heterocycles. The molecule has 1 aliphatic heterocycles. The number of ether oxygens (including phenoxy) is 3. The smallest absolute Gasteiger partial charge is 0.309 e. The van der Waals surface area contributed by atoms with Crippen LogP contribution in [0, 0.1) is 29.6 Å². The van der Waals surface area contributed by atoms with Gasteiger partial charge in [-0.05, 0) is 68.6 Å². The monoisotopic (exact) mass is 294 g/mol. The molecule has 0 aromatic heterocycles. The van der Waals surface area contributed by atoms with E-state index in [0.717, 1.165) is 38.2 Å². The summed E-state index contributed by atoms with van der Waals surface area (Å²) < 4.78 is 17.2. The fourth-order valence-corrected chi connectivity index (χ4v) is 5.57. The molecule has 0 aromatic carbocycles. The molecule has 7 atom stereocenters. The normalized spacial score (nSPS) is 48.3. The Balaban J connectivity index is 1.51. The minimum Gasteiger partial charge on any atom is -0.469 e. The highest BCUT2D eigenvalue weighted by Gasteiger charge is 2.57. The van der Waals surface area contributed by atoms with E-state index in [0.29, 0.717) is 17.8 Å². The molecule has 4 bridgehead atoms. The van der Waals surface area contributed by atoms with Crippen LogP contribution in [0.25, 0.3) is 0 Å². The molecule has 5 fully saturated rings. The summed E-state index contributed by atoms with van der Waals surface area (Å²) in [6.07, 6.45) is 8.31. The summed E-state index contributed by atoms with van der Waals surface area (Å²) >= 11 is 0. The molecule has 4 aliphatic carbocycles. The lowest BCUT2D eigenvalue weighted by atomic mass is 9.50. The van der Waals surface area contributed by atoms with E-state index in [4.69, 9.17) is 14.2 Å². The molecule has 5 aliphatic rings. The van der Waals surface area contributed by atoms with Gasteiger partial charge in [0.25, 0.3) is 0 Å². The molecule has 0 N–H and O–H groups in total. The second-order valence-electron chi connectivity index (χ2n) is 7.44. The molecule has 5 rings (SSSR count). The van der Waals surface area contributed by atoms with E-state index in [1.54, 1.807) is 0 Å². The number of esters is 1. The summed E-state index contributed by atoms with van der Waals surface area (Å²) in [7, 11) is 1.52. The van der Waals surface area contributed by atoms with Gasteiger partial charge < -0.3 is 14.2 Å². The van der Waals surface area contributed by atoms with Gasteiger partial charge in [0.2, 0.25) is 0 Å². The number of carbonyl (C=O) groups excluding carboxylic acids is 1. The molecule has 4 saturated carbocycles. The molecule has 4 heteroatoms. The van der Waals surface area contributed by atoms with Crippen LogP contribution in [0.4, 0.5) is 0 Å². The molecule has 118 valence electrons. The number of hydrogen-bond acceptors (Lipinski definition) is 4. The van der Waals surface area contributed by atoms with Crippen LogP contribution in [-0.4, -0.2) is 32.1 Å². The van der Waals surface area contributed by atoms with Gasteiger partial charge in [0, 0.05) is 6.61 Å². The van der Waals surface area contributed by atoms with E-state index < -0.39 is 0 Å². The van der Waals surface area contributed by atoms with Crippen LogP contribution in [0.1, 0.15) is 44.9 Å². The van der Waals surface area contributed by atoms with Crippen molar-refractivity contribution < 1.29 is 19.0 Å². The van der Waals surface area contributed by atoms with E-state index in [9.17, 15) is 4.79 Å². The average Bonchev–Trinajstić information content (AvgIpc) is 2.51. The van der Waals surface area contributed by atoms with Crippen molar-refractivity contribution in [1.29, 1.82) is 0 Å². The largest absolute Gasteiger partial charge is 0.469 e. The first kappa shape index (κ1) is 14.0. The SMILES string of the molecule is COC(=O)[C@@H]1[C@H]2C[C@H]3C[C@@H](C2)[C@H](O[C@@H]2CCCCO2)[C@H]1C3. The summed E-state index contributed by atoms with van der Waals surface area (Å²) in [5.74, 6) is 2.40. The van der Waals surface area contributed by atoms with Gasteiger partial charge in [-0.2, -0.15) is 0 Å². The fourth-order valence-electron chi connectivity index (χ4n) is 5.57. The van der Waals surface area contributed by atoms with Crippen molar-refractivity contribution in [3.63, 3.8) is 0 Å². The van der Waals surface area contributed by atoms with Crippen LogP contribution < -0.4 is 0 Å². The standard InChI is InChI=1S/C17H26O4/c1-19-17(18)15-11-6-10-7-12(9-11)16(13(15)8-10)21-14-4-2-3-5-20-14/h10-16H,2-9H2,1H3/t10-,11-,12-,13-,14+,15+,16-/m0/s1. The molecular formula is C17H26O4. The molecule has 0 radical (unpaired) electrons. The number of rotatable bonds is 3. The molecule has 0 aromatic rings. The highest BCUT2D eigenvalue weighted by atomic mass is 16.7. The van der Waals surface area contributed by atoms with Crippen molar-refractivity contribution in [2.45, 2.75) is 57.3 Å². The Morgan fingerprint density at radius 2 is 1.95 bits per heavy atom. The Morgan fingerprint density at radius 1 is 1.10 bits per heavy atom. The lowest BCUT2D eigenvalue weighted by molar-refractivity contribution is -0.248. The van der Waals surface area contributed by atoms with Crippen molar-refractivity contribution in [2.75, 3.05) is 13.7 Å². The maximum absolute atomic E-state index is 12.2. The minimum absolute atomic E-state index is 0.0121. The Hall–Kier alpha value is -0.610. The summed E-state index contributed by atoms with van der Waals surface area (Å²) in [6.45, 7) is 0.818. The predicted octanol–water partition coefficient (Wildman–Crippen LogP) is 2.75. The van der Waals surface area contributed by atoms with Gasteiger partial charge >= 0.3 is 5.97 Å². The first-order valence-corrected chi connectivity index (χ1v) is 8.61. The van der Waals surface area contributed by atoms with E-state index in [2.05, 4.69) is 0 Å². The average molecular weight is 294 g/mol. The van der Waals surface area contributed by atoms with Gasteiger partial charge in [0.15, 0.2) is 6.29 Å². The molecule has 4 nitrogen and oxygen atoms in total. The maximum atomic E-state index is 12.2. The first-order valence-electron chi connectivity index (χ1n) is 8.61. The van der Waals surface area contributed by atoms with Crippen LogP contribution in [0.15, 0.2) is 0 Å². The number of carbonyl (C=O) groups is 1. The number of hydrogen-bond donors (Lipinski definition) is 0. The Bertz CT molecular complexity index is 404. The quantitative estimate of drug-likeness (QED) is 0.751. The third-order valence-corrected chi connectivity index (χ3v) is 6.26. The van der Waals surface area contributed by atoms with Crippen LogP contribution in [-0.2, 0) is 19.0 Å². The molecular weight excluding hydrogens is 268 g/mol. The van der Waals surface area contributed by atoms with E-state index in [-0.39, 0.29) is 24.3 Å². The number of methoxy groups -OCH3 is 1. The Morgan fingerprint density at radius 3 is 2.71 bits per heavy atom. The van der Waals surface area contributed by atoms with E-state index in [1.165, 1.54) is 26.4 Å². The fraction of sp³-hybridized carbons (Fsp3) is 0.941. The molecule has 1 heterocycles. The van der Waals surface area contributed by atoms with Crippen molar-refractivity contribution in [2.24, 2.45) is 29.6 Å². The van der Waals surface area contributed by atoms with Crippen LogP contribution in [0.2, 0.25) is 0 Å². The second-order valence-corrected chi connectivity index (χ2v) is 7.44. The molecule has 21 heavy (non-hydrogen) atoms. The second kappa shape index (κ2) is 5.54. The summed E-state index contributed by atoms with van der Waals surface area (Å²) in [5, 5.41) is 0. The Labute approximate surface area is 126 Å². The zero-order chi connectivity index (χ0) is 14.4. The van der Waals surface area contributed by atoms with Crippen molar-refractivity contribution in [3.8, 4) is 0 Å². The predicted molar refractivity (Wildman–Crippen MR) is 76.4 cm³/mol. The lowest BCUT2D eigenvalue weighted by Gasteiger charge is -2.57. The zero-order valence-corrected chi connectivity index (χ0v) is 12.8. The molecule has 0 amide bonds. The highest BCUT2D eigenvalue weighted by Crippen LogP contribution is 2.58. The van der Waals surface area contributed by atoms with Crippen LogP contribution >= 0.6 is 0 Å². The summed E-state index contributed by atoms with van der Waals surface area (Å²) in [6, 6.07) is 0. The maximum Gasteiger partial charge on any atom is 0.309 e. The lowest BCUT2D eigenvalue weighted by Crippen LogP contribution is -2.57. The van der Waals surface area contributed by atoms with Crippen molar-refractivity contribution in [3.05, 3.63) is 0 Å². The van der Waals surface area contributed by atoms with E-state index in [1.807, 2.05) is 0 Å². The first-order chi connectivity index (χ1) is 10.3. The van der Waals surface area contributed by atoms with Crippen LogP contribution in [0.5, 0.6) is 0 Å². The van der Waals surface area contributed by atoms with E-state index >= 15 is 0 Å². The highest BCUT2D eigenvalue weighted by molar-refractivity contribution is 5.73. The third kappa shape index (κ3) is 2.40.